The minimum atomic E-state index is 0.102. The summed E-state index contributed by atoms with van der Waals surface area (Å²) in [7, 11) is 0. The Morgan fingerprint density at radius 2 is 2.15 bits per heavy atom. The standard InChI is InChI=1S/C16H23NO2S/c1-3-5-11-17-15(18)10-12-20-16(17)13-8-6-7-9-14(13)19-4-2/h6-9,16H,3-5,10-12H2,1-2H3. The van der Waals surface area contributed by atoms with Crippen molar-refractivity contribution in [2.75, 3.05) is 18.9 Å². The molecule has 110 valence electrons. The lowest BCUT2D eigenvalue weighted by Gasteiger charge is -2.36. The third-order valence-electron chi connectivity index (χ3n) is 3.43. The molecule has 1 atom stereocenters. The molecule has 20 heavy (non-hydrogen) atoms. The van der Waals surface area contributed by atoms with Crippen molar-refractivity contribution in [3.8, 4) is 5.75 Å². The minimum Gasteiger partial charge on any atom is -0.493 e. The Bertz CT molecular complexity index is 450. The summed E-state index contributed by atoms with van der Waals surface area (Å²) in [5, 5.41) is 0.102. The molecule has 1 aromatic carbocycles. The Labute approximate surface area is 125 Å². The first-order valence-electron chi connectivity index (χ1n) is 7.40. The molecule has 0 saturated carbocycles. The van der Waals surface area contributed by atoms with Crippen LogP contribution in [0.5, 0.6) is 5.75 Å². The number of unbranched alkanes of at least 4 members (excludes halogenated alkanes) is 1. The molecule has 0 radical (unpaired) electrons. The van der Waals surface area contributed by atoms with Gasteiger partial charge in [0.1, 0.15) is 11.1 Å². The van der Waals surface area contributed by atoms with E-state index in [1.165, 1.54) is 0 Å². The van der Waals surface area contributed by atoms with Gasteiger partial charge < -0.3 is 9.64 Å². The van der Waals surface area contributed by atoms with Crippen molar-refractivity contribution in [1.82, 2.24) is 4.90 Å². The van der Waals surface area contributed by atoms with E-state index in [9.17, 15) is 4.79 Å². The van der Waals surface area contributed by atoms with Crippen LogP contribution in [-0.4, -0.2) is 29.7 Å². The predicted molar refractivity (Wildman–Crippen MR) is 84.0 cm³/mol. The fourth-order valence-electron chi connectivity index (χ4n) is 2.42. The smallest absolute Gasteiger partial charge is 0.224 e. The van der Waals surface area contributed by atoms with Crippen LogP contribution in [0, 0.1) is 0 Å². The van der Waals surface area contributed by atoms with Crippen molar-refractivity contribution >= 4 is 17.7 Å². The monoisotopic (exact) mass is 293 g/mol. The minimum absolute atomic E-state index is 0.102. The molecule has 0 aliphatic carbocycles. The van der Waals surface area contributed by atoms with Gasteiger partial charge in [-0.1, -0.05) is 31.5 Å². The molecule has 0 bridgehead atoms. The van der Waals surface area contributed by atoms with Gasteiger partial charge >= 0.3 is 0 Å². The second-order valence-corrected chi connectivity index (χ2v) is 6.07. The van der Waals surface area contributed by atoms with Crippen molar-refractivity contribution in [3.63, 3.8) is 0 Å². The molecular formula is C16H23NO2S. The van der Waals surface area contributed by atoms with E-state index in [0.29, 0.717) is 13.0 Å². The number of para-hydroxylation sites is 1. The normalized spacial score (nSPS) is 19.2. The van der Waals surface area contributed by atoms with E-state index in [4.69, 9.17) is 4.74 Å². The number of amides is 1. The lowest BCUT2D eigenvalue weighted by atomic mass is 10.1. The summed E-state index contributed by atoms with van der Waals surface area (Å²) < 4.78 is 5.73. The SMILES string of the molecule is CCCCN1C(=O)CCSC1c1ccccc1OCC. The molecule has 4 heteroatoms. The van der Waals surface area contributed by atoms with E-state index >= 15 is 0 Å². The van der Waals surface area contributed by atoms with Crippen LogP contribution < -0.4 is 4.74 Å². The van der Waals surface area contributed by atoms with Gasteiger partial charge in [-0.25, -0.2) is 0 Å². The van der Waals surface area contributed by atoms with Crippen LogP contribution in [0.3, 0.4) is 0 Å². The Hall–Kier alpha value is -1.16. The molecule has 1 unspecified atom stereocenters. The maximum absolute atomic E-state index is 12.2. The summed E-state index contributed by atoms with van der Waals surface area (Å²) in [5.74, 6) is 2.07. The highest BCUT2D eigenvalue weighted by atomic mass is 32.2. The Kier molecular flexibility index (Phi) is 5.77. The van der Waals surface area contributed by atoms with Gasteiger partial charge in [0.15, 0.2) is 0 Å². The topological polar surface area (TPSA) is 29.5 Å². The van der Waals surface area contributed by atoms with E-state index in [1.54, 1.807) is 0 Å². The molecule has 3 nitrogen and oxygen atoms in total. The van der Waals surface area contributed by atoms with Crippen LogP contribution in [0.25, 0.3) is 0 Å². The van der Waals surface area contributed by atoms with Crippen LogP contribution >= 0.6 is 11.8 Å². The first-order chi connectivity index (χ1) is 9.77. The van der Waals surface area contributed by atoms with Crippen LogP contribution in [0.4, 0.5) is 0 Å². The third-order valence-corrected chi connectivity index (χ3v) is 4.70. The number of hydrogen-bond acceptors (Lipinski definition) is 3. The summed E-state index contributed by atoms with van der Waals surface area (Å²) in [6.07, 6.45) is 2.82. The highest BCUT2D eigenvalue weighted by molar-refractivity contribution is 7.99. The number of carbonyl (C=O) groups excluding carboxylic acids is 1. The number of rotatable bonds is 6. The molecular weight excluding hydrogens is 270 g/mol. The molecule has 1 fully saturated rings. The molecule has 0 aromatic heterocycles. The number of benzene rings is 1. The van der Waals surface area contributed by atoms with E-state index < -0.39 is 0 Å². The van der Waals surface area contributed by atoms with Crippen molar-refractivity contribution in [2.45, 2.75) is 38.5 Å². The number of hydrogen-bond donors (Lipinski definition) is 0. The van der Waals surface area contributed by atoms with Crippen LogP contribution in [0.1, 0.15) is 44.0 Å². The highest BCUT2D eigenvalue weighted by Gasteiger charge is 2.31. The lowest BCUT2D eigenvalue weighted by molar-refractivity contribution is -0.132. The number of nitrogens with zero attached hydrogens (tertiary/aromatic N) is 1. The highest BCUT2D eigenvalue weighted by Crippen LogP contribution is 2.41. The lowest BCUT2D eigenvalue weighted by Crippen LogP contribution is -2.38. The van der Waals surface area contributed by atoms with E-state index in [-0.39, 0.29) is 11.3 Å². The maximum atomic E-state index is 12.2. The predicted octanol–water partition coefficient (Wildman–Crippen LogP) is 3.85. The van der Waals surface area contributed by atoms with Crippen molar-refractivity contribution < 1.29 is 9.53 Å². The second kappa shape index (κ2) is 7.58. The van der Waals surface area contributed by atoms with Gasteiger partial charge in [-0.05, 0) is 19.4 Å². The van der Waals surface area contributed by atoms with Gasteiger partial charge in [-0.15, -0.1) is 11.8 Å². The summed E-state index contributed by atoms with van der Waals surface area (Å²) in [4.78, 5) is 14.2. The summed E-state index contributed by atoms with van der Waals surface area (Å²) in [6.45, 7) is 5.64. The zero-order valence-electron chi connectivity index (χ0n) is 12.3. The molecule has 0 spiro atoms. The molecule has 1 amide bonds. The fraction of sp³-hybridized carbons (Fsp3) is 0.562. The molecule has 1 saturated heterocycles. The molecule has 2 rings (SSSR count). The maximum Gasteiger partial charge on any atom is 0.224 e. The average molecular weight is 293 g/mol. The van der Waals surface area contributed by atoms with Gasteiger partial charge in [0.2, 0.25) is 5.91 Å². The van der Waals surface area contributed by atoms with Gasteiger partial charge in [-0.3, -0.25) is 4.79 Å². The summed E-state index contributed by atoms with van der Waals surface area (Å²) in [5.41, 5.74) is 1.13. The van der Waals surface area contributed by atoms with Crippen molar-refractivity contribution in [2.24, 2.45) is 0 Å². The quantitative estimate of drug-likeness (QED) is 0.798. The molecule has 1 aliphatic heterocycles. The van der Waals surface area contributed by atoms with E-state index in [1.807, 2.05) is 41.8 Å². The van der Waals surface area contributed by atoms with Crippen LogP contribution in [-0.2, 0) is 4.79 Å². The van der Waals surface area contributed by atoms with Crippen LogP contribution in [0.2, 0.25) is 0 Å². The Morgan fingerprint density at radius 1 is 1.35 bits per heavy atom. The van der Waals surface area contributed by atoms with Crippen LogP contribution in [0.15, 0.2) is 24.3 Å². The second-order valence-electron chi connectivity index (χ2n) is 4.88. The molecule has 1 heterocycles. The van der Waals surface area contributed by atoms with E-state index in [0.717, 1.165) is 36.5 Å². The molecule has 1 aliphatic rings. The van der Waals surface area contributed by atoms with E-state index in [2.05, 4.69) is 13.0 Å². The number of carbonyl (C=O) groups is 1. The average Bonchev–Trinajstić information content (AvgIpc) is 2.47. The van der Waals surface area contributed by atoms with Crippen molar-refractivity contribution in [1.29, 1.82) is 0 Å². The molecule has 0 N–H and O–H groups in total. The summed E-state index contributed by atoms with van der Waals surface area (Å²) >= 11 is 1.84. The zero-order valence-corrected chi connectivity index (χ0v) is 13.1. The fourth-order valence-corrected chi connectivity index (χ4v) is 3.71. The van der Waals surface area contributed by atoms with Gasteiger partial charge in [0.25, 0.3) is 0 Å². The third kappa shape index (κ3) is 3.48. The summed E-state index contributed by atoms with van der Waals surface area (Å²) in [6, 6.07) is 8.09. The van der Waals surface area contributed by atoms with Crippen molar-refractivity contribution in [3.05, 3.63) is 29.8 Å². The number of ether oxygens (including phenoxy) is 1. The van der Waals surface area contributed by atoms with Gasteiger partial charge in [-0.2, -0.15) is 0 Å². The van der Waals surface area contributed by atoms with Gasteiger partial charge in [0.05, 0.1) is 6.61 Å². The number of thioether (sulfide) groups is 1. The van der Waals surface area contributed by atoms with Gasteiger partial charge in [0, 0.05) is 24.3 Å². The Morgan fingerprint density at radius 3 is 2.90 bits per heavy atom. The Balaban J connectivity index is 2.25. The largest absolute Gasteiger partial charge is 0.493 e. The molecule has 1 aromatic rings. The zero-order chi connectivity index (χ0) is 14.4. The first-order valence-corrected chi connectivity index (χ1v) is 8.45. The first kappa shape index (κ1) is 15.2.